The van der Waals surface area contributed by atoms with Crippen LogP contribution in [0, 0.1) is 61.3 Å². The monoisotopic (exact) mass is 956 g/mol. The molecule has 3 aliphatic rings. The van der Waals surface area contributed by atoms with Gasteiger partial charge in [-0.3, -0.25) is 0 Å². The summed E-state index contributed by atoms with van der Waals surface area (Å²) in [6.07, 6.45) is 0. The second-order valence-electron chi connectivity index (χ2n) is 15.4. The van der Waals surface area contributed by atoms with Crippen molar-refractivity contribution in [1.29, 1.82) is 0 Å². The molecule has 9 rings (SSSR count). The Hall–Kier alpha value is -6.16. The van der Waals surface area contributed by atoms with Gasteiger partial charge in [0.25, 0.3) is 0 Å². The van der Waals surface area contributed by atoms with Crippen molar-refractivity contribution in [1.82, 2.24) is 15.0 Å². The quantitative estimate of drug-likeness (QED) is 0.121. The van der Waals surface area contributed by atoms with Gasteiger partial charge in [-0.05, 0) is 134 Å². The third-order valence-corrected chi connectivity index (χ3v) is 11.8. The van der Waals surface area contributed by atoms with E-state index in [0.29, 0.717) is 82.1 Å². The molecular formula is C47H42B3Cl3N6O8. The predicted octanol–water partition coefficient (Wildman–Crippen LogP) is 10.5. The van der Waals surface area contributed by atoms with Crippen molar-refractivity contribution in [3.8, 4) is 34.9 Å². The minimum absolute atomic E-state index is 0. The first-order valence-electron chi connectivity index (χ1n) is 20.3. The van der Waals surface area contributed by atoms with Crippen LogP contribution in [0.2, 0.25) is 21.9 Å². The van der Waals surface area contributed by atoms with Gasteiger partial charge in [0, 0.05) is 17.1 Å². The summed E-state index contributed by atoms with van der Waals surface area (Å²) in [6, 6.07) is 15.8. The molecule has 0 saturated heterocycles. The van der Waals surface area contributed by atoms with E-state index in [4.69, 9.17) is 82.7 Å². The van der Waals surface area contributed by atoms with Gasteiger partial charge in [-0.15, -0.1) is 0 Å². The SMILES string of the molecule is C.[C-]#[N+]c1cc(Cl)c(Oc2cc(C)c3c(c2)COB3O)nc1C.[C-]#[N+]c1cc(Cl)c(Oc2cc3c(cc2C)B(O)OC3)nc1C.[C-]#[N+]c1cc(Cl)c(Oc2ccc3c(c2C)COB3C)nc1C. The number of ether oxygens (including phenoxy) is 3. The normalized spacial score (nSPS) is 12.8. The number of hydrogen-bond donors (Lipinski definition) is 2. The molecule has 3 aliphatic heterocycles. The standard InChI is InChI=1S/C16H14BClN2O2.2C15H12BClN2O3.CH4/c1-9-11-8-21-17(3)12(11)5-6-15(9)22-16-13(18)7-14(19-4)10(2)20-16;1-8-4-11-10(7-21-16(11)20)5-14(8)22-15-12(17)6-13(18-3)9(2)19-15;1-8-4-11(5-10-7-21-16(20)14(8)10)22-15-12(17)6-13(18-3)9(2)19-15;/h5-7H,8H2,1-3H3;2*4-6,20H,7H2,1-2H3;1H4. The van der Waals surface area contributed by atoms with Gasteiger partial charge in [-0.1, -0.05) is 61.2 Å². The molecule has 0 fully saturated rings. The molecule has 0 spiro atoms. The number of fused-ring (bicyclic) bond motifs is 3. The second-order valence-corrected chi connectivity index (χ2v) is 16.7. The Balaban J connectivity index is 0.000000165. The molecule has 2 N–H and O–H groups in total. The van der Waals surface area contributed by atoms with E-state index in [9.17, 15) is 10.0 Å². The minimum atomic E-state index is -0.885. The highest BCUT2D eigenvalue weighted by Gasteiger charge is 2.31. The molecular weight excluding hydrogens is 915 g/mol. The Labute approximate surface area is 405 Å². The number of nitrogens with zero attached hydrogens (tertiary/aromatic N) is 6. The lowest BCUT2D eigenvalue weighted by Gasteiger charge is -2.13. The Bertz CT molecular complexity index is 2980. The van der Waals surface area contributed by atoms with Crippen LogP contribution < -0.4 is 30.6 Å². The number of hydrogen-bond acceptors (Lipinski definition) is 11. The van der Waals surface area contributed by atoms with Crippen molar-refractivity contribution in [2.75, 3.05) is 0 Å². The van der Waals surface area contributed by atoms with Gasteiger partial charge < -0.3 is 38.2 Å². The number of pyridine rings is 3. The number of rotatable bonds is 6. The van der Waals surface area contributed by atoms with Crippen LogP contribution in [0.1, 0.15) is 57.9 Å². The summed E-state index contributed by atoms with van der Waals surface area (Å²) in [5.74, 6) is 2.71. The summed E-state index contributed by atoms with van der Waals surface area (Å²) in [6.45, 7) is 35.6. The predicted molar refractivity (Wildman–Crippen MR) is 262 cm³/mol. The lowest BCUT2D eigenvalue weighted by Crippen LogP contribution is -2.30. The summed E-state index contributed by atoms with van der Waals surface area (Å²) in [4.78, 5) is 22.8. The molecule has 0 aliphatic carbocycles. The molecule has 0 saturated carbocycles. The van der Waals surface area contributed by atoms with Crippen molar-refractivity contribution in [2.24, 2.45) is 0 Å². The summed E-state index contributed by atoms with van der Waals surface area (Å²) < 4.78 is 33.5. The van der Waals surface area contributed by atoms with Crippen molar-refractivity contribution in [2.45, 2.75) is 75.6 Å². The number of halogens is 3. The number of aryl methyl sites for hydroxylation is 5. The fourth-order valence-electron chi connectivity index (χ4n) is 7.35. The second kappa shape index (κ2) is 21.2. The smallest absolute Gasteiger partial charge is 0.438 e. The maximum absolute atomic E-state index is 9.76. The molecule has 6 heterocycles. The van der Waals surface area contributed by atoms with Crippen LogP contribution in [0.4, 0.5) is 17.1 Å². The van der Waals surface area contributed by atoms with Crippen LogP contribution in [0.5, 0.6) is 34.9 Å². The van der Waals surface area contributed by atoms with Crippen molar-refractivity contribution < 1.29 is 38.2 Å². The fourth-order valence-corrected chi connectivity index (χ4v) is 7.91. The van der Waals surface area contributed by atoms with Gasteiger partial charge in [-0.25, -0.2) is 29.5 Å². The molecule has 67 heavy (non-hydrogen) atoms. The van der Waals surface area contributed by atoms with Crippen LogP contribution in [0.25, 0.3) is 14.5 Å². The van der Waals surface area contributed by atoms with Crippen molar-refractivity contribution >= 4 is 89.4 Å². The van der Waals surface area contributed by atoms with E-state index in [2.05, 4.69) is 29.5 Å². The highest BCUT2D eigenvalue weighted by molar-refractivity contribution is 6.67. The highest BCUT2D eigenvalue weighted by Crippen LogP contribution is 2.37. The van der Waals surface area contributed by atoms with Gasteiger partial charge in [0.05, 0.1) is 54.6 Å². The van der Waals surface area contributed by atoms with E-state index in [1.54, 1.807) is 51.1 Å². The van der Waals surface area contributed by atoms with Gasteiger partial charge >= 0.3 is 21.2 Å². The van der Waals surface area contributed by atoms with Crippen molar-refractivity contribution in [3.63, 3.8) is 0 Å². The maximum atomic E-state index is 9.76. The molecule has 0 bridgehead atoms. The zero-order valence-electron chi connectivity index (χ0n) is 36.7. The molecule has 338 valence electrons. The summed E-state index contributed by atoms with van der Waals surface area (Å²) in [5.41, 5.74) is 11.4. The first-order valence-corrected chi connectivity index (χ1v) is 21.4. The lowest BCUT2D eigenvalue weighted by atomic mass is 9.64. The topological polar surface area (TPSA) is 148 Å². The van der Waals surface area contributed by atoms with E-state index in [1.165, 1.54) is 5.46 Å². The van der Waals surface area contributed by atoms with Gasteiger partial charge in [0.15, 0.2) is 0 Å². The Kier molecular flexibility index (Phi) is 15.9. The molecule has 0 atom stereocenters. The zero-order valence-corrected chi connectivity index (χ0v) is 39.0. The molecule has 0 unspecified atom stereocenters. The van der Waals surface area contributed by atoms with E-state index in [1.807, 2.05) is 51.9 Å². The van der Waals surface area contributed by atoms with Gasteiger partial charge in [0.2, 0.25) is 34.7 Å². The summed E-state index contributed by atoms with van der Waals surface area (Å²) in [5, 5.41) is 20.4. The summed E-state index contributed by atoms with van der Waals surface area (Å²) >= 11 is 18.4. The molecule has 6 aromatic rings. The molecule has 3 aromatic heterocycles. The highest BCUT2D eigenvalue weighted by atomic mass is 35.5. The Morgan fingerprint density at radius 1 is 0.582 bits per heavy atom. The van der Waals surface area contributed by atoms with E-state index < -0.39 is 14.2 Å². The van der Waals surface area contributed by atoms with E-state index in [-0.39, 0.29) is 36.1 Å². The van der Waals surface area contributed by atoms with Crippen molar-refractivity contribution in [3.05, 3.63) is 154 Å². The van der Waals surface area contributed by atoms with Crippen LogP contribution in [0.3, 0.4) is 0 Å². The molecule has 0 radical (unpaired) electrons. The summed E-state index contributed by atoms with van der Waals surface area (Å²) in [7, 11) is -1.77. The lowest BCUT2D eigenvalue weighted by molar-refractivity contribution is 0.274. The van der Waals surface area contributed by atoms with E-state index >= 15 is 0 Å². The largest absolute Gasteiger partial charge is 0.492 e. The number of benzene rings is 3. The van der Waals surface area contributed by atoms with Crippen LogP contribution >= 0.6 is 34.8 Å². The Morgan fingerprint density at radius 3 is 1.64 bits per heavy atom. The minimum Gasteiger partial charge on any atom is -0.438 e. The van der Waals surface area contributed by atoms with Gasteiger partial charge in [0.1, 0.15) is 17.2 Å². The Morgan fingerprint density at radius 2 is 1.09 bits per heavy atom. The van der Waals surface area contributed by atoms with Crippen LogP contribution in [-0.2, 0) is 33.8 Å². The van der Waals surface area contributed by atoms with Crippen LogP contribution in [0.15, 0.2) is 54.6 Å². The maximum Gasteiger partial charge on any atom is 0.492 e. The van der Waals surface area contributed by atoms with Crippen LogP contribution in [-0.4, -0.2) is 46.2 Å². The molecule has 0 amide bonds. The first-order chi connectivity index (χ1) is 31.5. The zero-order chi connectivity index (χ0) is 47.6. The third kappa shape index (κ3) is 10.9. The fraction of sp³-hybridized carbons (Fsp3) is 0.234. The van der Waals surface area contributed by atoms with E-state index in [0.717, 1.165) is 44.3 Å². The molecule has 20 heteroatoms. The average Bonchev–Trinajstić information content (AvgIpc) is 3.98. The molecule has 3 aromatic carbocycles. The third-order valence-electron chi connectivity index (χ3n) is 11.0. The van der Waals surface area contributed by atoms with Gasteiger partial charge in [-0.2, -0.15) is 0 Å². The molecule has 14 nitrogen and oxygen atoms in total. The first kappa shape index (κ1) is 50.3. The number of aromatic nitrogens is 3. The average molecular weight is 958 g/mol.